The Kier molecular flexibility index (Phi) is 0.515. The molecular formula is C4H7NS. The molecule has 1 nitrogen and oxygen atoms in total. The van der Waals surface area contributed by atoms with Gasteiger partial charge in [0.15, 0.2) is 0 Å². The highest BCUT2D eigenvalue weighted by Crippen LogP contribution is 2.46. The molecule has 2 saturated heterocycles. The van der Waals surface area contributed by atoms with Crippen LogP contribution in [0.25, 0.3) is 0 Å². The monoisotopic (exact) mass is 101 g/mol. The zero-order valence-electron chi connectivity index (χ0n) is 3.55. The Labute approximate surface area is 41.8 Å². The Morgan fingerprint density at radius 1 is 1.67 bits per heavy atom. The van der Waals surface area contributed by atoms with Gasteiger partial charge in [-0.2, -0.15) is 0 Å². The smallest absolute Gasteiger partial charge is 0.0803 e. The Morgan fingerprint density at radius 2 is 2.67 bits per heavy atom. The molecule has 0 aromatic heterocycles. The molecule has 34 valence electrons. The van der Waals surface area contributed by atoms with Crippen molar-refractivity contribution in [2.45, 2.75) is 18.2 Å². The van der Waals surface area contributed by atoms with Crippen molar-refractivity contribution >= 4 is 11.9 Å². The van der Waals surface area contributed by atoms with E-state index in [0.717, 1.165) is 5.37 Å². The Bertz CT molecular complexity index is 65.9. The summed E-state index contributed by atoms with van der Waals surface area (Å²) in [5.41, 5.74) is 0. The molecule has 0 spiro atoms. The first-order valence-electron chi connectivity index (χ1n) is 2.40. The van der Waals surface area contributed by atoms with Gasteiger partial charge in [0.25, 0.3) is 0 Å². The third-order valence-corrected chi connectivity index (χ3v) is 2.59. The van der Waals surface area contributed by atoms with Crippen molar-refractivity contribution in [1.82, 2.24) is 4.31 Å². The molecule has 6 heavy (non-hydrogen) atoms. The lowest BCUT2D eigenvalue weighted by Gasteiger charge is -1.81. The highest BCUT2D eigenvalue weighted by molar-refractivity contribution is 8.03. The molecule has 0 aliphatic carbocycles. The standard InChI is InChI=1S/C4H7NS/c1-2-4-5(3-1)6-4/h4H,1-3H2. The van der Waals surface area contributed by atoms with Crippen molar-refractivity contribution < 1.29 is 0 Å². The molecule has 2 rings (SSSR count). The highest BCUT2D eigenvalue weighted by atomic mass is 32.2. The second-order valence-electron chi connectivity index (χ2n) is 1.84. The van der Waals surface area contributed by atoms with Gasteiger partial charge < -0.3 is 0 Å². The lowest BCUT2D eigenvalue weighted by molar-refractivity contribution is 0.657. The van der Waals surface area contributed by atoms with E-state index in [0.29, 0.717) is 0 Å². The fourth-order valence-electron chi connectivity index (χ4n) is 0.944. The molecule has 2 aliphatic rings. The quantitative estimate of drug-likeness (QED) is 0.331. The number of hydrogen-bond acceptors (Lipinski definition) is 2. The van der Waals surface area contributed by atoms with E-state index in [1.807, 2.05) is 11.9 Å². The fraction of sp³-hybridized carbons (Fsp3) is 1.00. The molecule has 0 saturated carbocycles. The van der Waals surface area contributed by atoms with E-state index in [9.17, 15) is 0 Å². The molecule has 0 amide bonds. The van der Waals surface area contributed by atoms with E-state index < -0.39 is 0 Å². The average molecular weight is 101 g/mol. The fourth-order valence-corrected chi connectivity index (χ4v) is 1.92. The lowest BCUT2D eigenvalue weighted by Crippen LogP contribution is -1.87. The third-order valence-electron chi connectivity index (χ3n) is 1.36. The molecule has 2 heterocycles. The number of hydrogen-bond donors (Lipinski definition) is 0. The Balaban J connectivity index is 2.09. The van der Waals surface area contributed by atoms with Crippen LogP contribution in [0.15, 0.2) is 0 Å². The third kappa shape index (κ3) is 0.312. The zero-order valence-corrected chi connectivity index (χ0v) is 4.37. The Morgan fingerprint density at radius 3 is 2.83 bits per heavy atom. The van der Waals surface area contributed by atoms with Crippen LogP contribution in [0.4, 0.5) is 0 Å². The summed E-state index contributed by atoms with van der Waals surface area (Å²) in [7, 11) is 0. The summed E-state index contributed by atoms with van der Waals surface area (Å²) < 4.78 is 2.44. The second-order valence-corrected chi connectivity index (χ2v) is 3.07. The van der Waals surface area contributed by atoms with Crippen LogP contribution in [-0.2, 0) is 0 Å². The maximum atomic E-state index is 2.44. The molecule has 0 aromatic carbocycles. The predicted octanol–water partition coefficient (Wildman–Crippen LogP) is 1.07. The summed E-state index contributed by atoms with van der Waals surface area (Å²) in [6.45, 7) is 1.36. The first-order valence-corrected chi connectivity index (χ1v) is 3.24. The molecule has 2 atom stereocenters. The SMILES string of the molecule is C1CC2SN2C1. The van der Waals surface area contributed by atoms with Gasteiger partial charge in [0.05, 0.1) is 5.37 Å². The van der Waals surface area contributed by atoms with Gasteiger partial charge in [-0.05, 0) is 12.8 Å². The van der Waals surface area contributed by atoms with Crippen LogP contribution in [-0.4, -0.2) is 16.2 Å². The maximum absolute atomic E-state index is 2.44. The van der Waals surface area contributed by atoms with Gasteiger partial charge in [0.2, 0.25) is 0 Å². The molecule has 2 aliphatic heterocycles. The molecule has 0 bridgehead atoms. The van der Waals surface area contributed by atoms with Crippen molar-refractivity contribution in [3.05, 3.63) is 0 Å². The second kappa shape index (κ2) is 0.928. The Hall–Kier alpha value is 0.310. The maximum Gasteiger partial charge on any atom is 0.0803 e. The molecule has 2 fully saturated rings. The van der Waals surface area contributed by atoms with Crippen molar-refractivity contribution in [2.24, 2.45) is 0 Å². The van der Waals surface area contributed by atoms with Crippen LogP contribution in [0.1, 0.15) is 12.8 Å². The van der Waals surface area contributed by atoms with Crippen molar-refractivity contribution in [3.63, 3.8) is 0 Å². The van der Waals surface area contributed by atoms with Gasteiger partial charge in [-0.3, -0.25) is 0 Å². The van der Waals surface area contributed by atoms with E-state index in [2.05, 4.69) is 4.31 Å². The van der Waals surface area contributed by atoms with Crippen LogP contribution >= 0.6 is 11.9 Å². The molecule has 0 N–H and O–H groups in total. The van der Waals surface area contributed by atoms with Crippen molar-refractivity contribution in [3.8, 4) is 0 Å². The summed E-state index contributed by atoms with van der Waals surface area (Å²) in [6, 6.07) is 0. The first-order chi connectivity index (χ1) is 2.97. The molecule has 0 radical (unpaired) electrons. The van der Waals surface area contributed by atoms with Crippen molar-refractivity contribution in [1.29, 1.82) is 0 Å². The molecule has 2 heteroatoms. The number of nitrogens with zero attached hydrogens (tertiary/aromatic N) is 1. The average Bonchev–Trinajstić information content (AvgIpc) is 2.17. The molecular weight excluding hydrogens is 94.1 g/mol. The molecule has 2 unspecified atom stereocenters. The van der Waals surface area contributed by atoms with E-state index >= 15 is 0 Å². The summed E-state index contributed by atoms with van der Waals surface area (Å²) >= 11 is 2.01. The predicted molar refractivity (Wildman–Crippen MR) is 27.3 cm³/mol. The largest absolute Gasteiger partial charge is 0.235 e. The summed E-state index contributed by atoms with van der Waals surface area (Å²) in [5.74, 6) is 0. The lowest BCUT2D eigenvalue weighted by atomic mass is 10.4. The van der Waals surface area contributed by atoms with Gasteiger partial charge in [-0.25, -0.2) is 4.31 Å². The van der Waals surface area contributed by atoms with Gasteiger partial charge in [0, 0.05) is 6.54 Å². The highest BCUT2D eigenvalue weighted by Gasteiger charge is 2.39. The van der Waals surface area contributed by atoms with Gasteiger partial charge in [-0.15, -0.1) is 0 Å². The van der Waals surface area contributed by atoms with E-state index in [1.165, 1.54) is 19.4 Å². The van der Waals surface area contributed by atoms with Crippen LogP contribution in [0.2, 0.25) is 0 Å². The van der Waals surface area contributed by atoms with Crippen LogP contribution in [0.3, 0.4) is 0 Å². The van der Waals surface area contributed by atoms with Crippen LogP contribution in [0, 0.1) is 0 Å². The summed E-state index contributed by atoms with van der Waals surface area (Å²) in [5, 5.41) is 0.963. The minimum absolute atomic E-state index is 0.963. The topological polar surface area (TPSA) is 3.01 Å². The van der Waals surface area contributed by atoms with Gasteiger partial charge in [0.1, 0.15) is 0 Å². The van der Waals surface area contributed by atoms with Crippen LogP contribution < -0.4 is 0 Å². The van der Waals surface area contributed by atoms with E-state index in [1.54, 1.807) is 0 Å². The number of fused-ring (bicyclic) bond motifs is 1. The van der Waals surface area contributed by atoms with Crippen LogP contribution in [0.5, 0.6) is 0 Å². The normalized spacial score (nSPS) is 52.0. The van der Waals surface area contributed by atoms with Gasteiger partial charge >= 0.3 is 0 Å². The van der Waals surface area contributed by atoms with E-state index in [4.69, 9.17) is 0 Å². The summed E-state index contributed by atoms with van der Waals surface area (Å²) in [6.07, 6.45) is 2.89. The zero-order chi connectivity index (χ0) is 3.98. The minimum atomic E-state index is 0.963. The summed E-state index contributed by atoms with van der Waals surface area (Å²) in [4.78, 5) is 0. The van der Waals surface area contributed by atoms with Crippen molar-refractivity contribution in [2.75, 3.05) is 6.54 Å². The van der Waals surface area contributed by atoms with Gasteiger partial charge in [-0.1, -0.05) is 11.9 Å². The molecule has 0 aromatic rings. The minimum Gasteiger partial charge on any atom is -0.235 e. The van der Waals surface area contributed by atoms with E-state index in [-0.39, 0.29) is 0 Å². The first kappa shape index (κ1) is 3.33. The number of rotatable bonds is 0.